The number of nitrogens with zero attached hydrogens (tertiary/aromatic N) is 3. The topological polar surface area (TPSA) is 99.6 Å². The van der Waals surface area contributed by atoms with E-state index in [1.807, 2.05) is 22.2 Å². The van der Waals surface area contributed by atoms with Gasteiger partial charge in [0.15, 0.2) is 4.96 Å². The van der Waals surface area contributed by atoms with Gasteiger partial charge in [-0.2, -0.15) is 0 Å². The smallest absolute Gasteiger partial charge is 0.247 e. The molecule has 140 valence electrons. The summed E-state index contributed by atoms with van der Waals surface area (Å²) in [6.45, 7) is 0.522. The van der Waals surface area contributed by atoms with Crippen LogP contribution in [0.1, 0.15) is 18.5 Å². The van der Waals surface area contributed by atoms with Crippen LogP contribution in [0.15, 0.2) is 39.4 Å². The first-order chi connectivity index (χ1) is 13.0. The highest BCUT2D eigenvalue weighted by molar-refractivity contribution is 9.10. The number of fused-ring (bicyclic) bond motifs is 1. The number of carbonyl (C=O) groups is 2. The number of nitrogens with one attached hydrogen (secondary N) is 2. The lowest BCUT2D eigenvalue weighted by Crippen LogP contribution is -2.44. The summed E-state index contributed by atoms with van der Waals surface area (Å²) in [6, 6.07) is -0.584. The number of pyridine rings is 1. The van der Waals surface area contributed by atoms with E-state index in [0.29, 0.717) is 23.1 Å². The summed E-state index contributed by atoms with van der Waals surface area (Å²) < 4.78 is 2.21. The Labute approximate surface area is 166 Å². The third kappa shape index (κ3) is 3.54. The summed E-state index contributed by atoms with van der Waals surface area (Å²) in [5.74, 6) is -0.489. The Morgan fingerprint density at radius 2 is 2.26 bits per heavy atom. The van der Waals surface area contributed by atoms with Crippen LogP contribution < -0.4 is 10.7 Å². The van der Waals surface area contributed by atoms with Crippen LogP contribution in [-0.4, -0.2) is 43.7 Å². The number of anilines is 1. The van der Waals surface area contributed by atoms with E-state index in [4.69, 9.17) is 0 Å². The van der Waals surface area contributed by atoms with E-state index in [1.165, 1.54) is 23.7 Å². The van der Waals surface area contributed by atoms with Crippen LogP contribution in [0.4, 0.5) is 5.69 Å². The minimum absolute atomic E-state index is 0.137. The Hall–Kier alpha value is -2.46. The minimum Gasteiger partial charge on any atom is -0.365 e. The van der Waals surface area contributed by atoms with Gasteiger partial charge in [0.2, 0.25) is 17.2 Å². The van der Waals surface area contributed by atoms with Gasteiger partial charge in [-0.15, -0.1) is 11.3 Å². The number of amides is 2. The zero-order valence-electron chi connectivity index (χ0n) is 14.1. The van der Waals surface area contributed by atoms with E-state index in [0.717, 1.165) is 11.4 Å². The fraction of sp³-hybridized carbons (Fsp3) is 0.294. The van der Waals surface area contributed by atoms with Crippen molar-refractivity contribution in [1.29, 1.82) is 0 Å². The van der Waals surface area contributed by atoms with Gasteiger partial charge in [-0.1, -0.05) is 0 Å². The molecule has 2 N–H and O–H groups in total. The van der Waals surface area contributed by atoms with Crippen LogP contribution in [-0.2, 0) is 16.0 Å². The van der Waals surface area contributed by atoms with Crippen molar-refractivity contribution < 1.29 is 9.59 Å². The van der Waals surface area contributed by atoms with Gasteiger partial charge in [0.25, 0.3) is 0 Å². The van der Waals surface area contributed by atoms with E-state index in [2.05, 4.69) is 31.2 Å². The van der Waals surface area contributed by atoms with E-state index in [9.17, 15) is 14.4 Å². The molecule has 2 amide bonds. The highest BCUT2D eigenvalue weighted by Crippen LogP contribution is 2.21. The van der Waals surface area contributed by atoms with Gasteiger partial charge in [-0.3, -0.25) is 18.8 Å². The second kappa shape index (κ2) is 7.28. The molecule has 1 aliphatic heterocycles. The van der Waals surface area contributed by atoms with Gasteiger partial charge >= 0.3 is 0 Å². The molecule has 10 heteroatoms. The zero-order chi connectivity index (χ0) is 19.0. The maximum atomic E-state index is 12.7. The van der Waals surface area contributed by atoms with Crippen molar-refractivity contribution in [2.75, 3.05) is 11.9 Å². The molecule has 0 bridgehead atoms. The average molecular weight is 450 g/mol. The maximum Gasteiger partial charge on any atom is 0.247 e. The second-order valence-electron chi connectivity index (χ2n) is 6.28. The first-order valence-corrected chi connectivity index (χ1v) is 10.1. The number of thiazole rings is 1. The van der Waals surface area contributed by atoms with Crippen LogP contribution in [0.3, 0.4) is 0 Å². The molecule has 1 atom stereocenters. The standard InChI is InChI=1S/C17H16BrN5O3S/c18-11-7-19-8-12(15(11)25)21-16(26)13-2-1-3-23(13)14(24)6-10-9-22-4-5-27-17(22)20-10/h4-5,7-9,13H,1-3,6H2,(H,19,25)(H,21,26). The Balaban J connectivity index is 1.46. The highest BCUT2D eigenvalue weighted by atomic mass is 79.9. The van der Waals surface area contributed by atoms with Gasteiger partial charge in [0.05, 0.1) is 16.6 Å². The van der Waals surface area contributed by atoms with E-state index in [-0.39, 0.29) is 29.4 Å². The van der Waals surface area contributed by atoms with Crippen molar-refractivity contribution in [1.82, 2.24) is 19.3 Å². The van der Waals surface area contributed by atoms with Crippen molar-refractivity contribution in [3.63, 3.8) is 0 Å². The number of aromatic nitrogens is 3. The van der Waals surface area contributed by atoms with Gasteiger partial charge < -0.3 is 15.2 Å². The normalized spacial score (nSPS) is 16.8. The number of H-pyrrole nitrogens is 1. The van der Waals surface area contributed by atoms with E-state index in [1.54, 1.807) is 4.90 Å². The third-order valence-corrected chi connectivity index (χ3v) is 5.87. The molecule has 4 rings (SSSR count). The molecule has 1 fully saturated rings. The van der Waals surface area contributed by atoms with Crippen molar-refractivity contribution in [2.24, 2.45) is 0 Å². The van der Waals surface area contributed by atoms with Gasteiger partial charge in [0.1, 0.15) is 11.7 Å². The molecule has 3 aromatic heterocycles. The first-order valence-electron chi connectivity index (χ1n) is 8.41. The molecule has 0 spiro atoms. The van der Waals surface area contributed by atoms with Crippen molar-refractivity contribution >= 4 is 49.7 Å². The molecule has 0 aromatic carbocycles. The summed E-state index contributed by atoms with van der Waals surface area (Å²) in [4.78, 5) is 47.1. The third-order valence-electron chi connectivity index (χ3n) is 4.51. The fourth-order valence-electron chi connectivity index (χ4n) is 3.22. The highest BCUT2D eigenvalue weighted by Gasteiger charge is 2.34. The quantitative estimate of drug-likeness (QED) is 0.636. The summed E-state index contributed by atoms with van der Waals surface area (Å²) in [6.07, 6.45) is 8.12. The molecule has 0 aliphatic carbocycles. The predicted octanol–water partition coefficient (Wildman–Crippen LogP) is 2.02. The zero-order valence-corrected chi connectivity index (χ0v) is 16.5. The number of imidazole rings is 1. The fourth-order valence-corrected chi connectivity index (χ4v) is 4.29. The summed E-state index contributed by atoms with van der Waals surface area (Å²) in [5.41, 5.74) is 0.528. The summed E-state index contributed by atoms with van der Waals surface area (Å²) in [7, 11) is 0. The average Bonchev–Trinajstić information content (AvgIpc) is 3.34. The lowest BCUT2D eigenvalue weighted by molar-refractivity contribution is -0.136. The SMILES string of the molecule is O=C(Nc1c[nH]cc(Br)c1=O)C1CCCN1C(=O)Cc1cn2ccsc2n1. The lowest BCUT2D eigenvalue weighted by atomic mass is 10.2. The van der Waals surface area contributed by atoms with Crippen LogP contribution >= 0.6 is 27.3 Å². The number of aromatic amines is 1. The number of rotatable bonds is 4. The number of halogens is 1. The molecule has 0 saturated carbocycles. The molecule has 0 radical (unpaired) electrons. The molecule has 1 unspecified atom stereocenters. The van der Waals surface area contributed by atoms with Crippen LogP contribution in [0.5, 0.6) is 0 Å². The van der Waals surface area contributed by atoms with Crippen LogP contribution in [0.2, 0.25) is 0 Å². The molecular weight excluding hydrogens is 434 g/mol. The Bertz CT molecular complexity index is 1040. The molecular formula is C17H16BrN5O3S. The molecule has 1 saturated heterocycles. The summed E-state index contributed by atoms with van der Waals surface area (Å²) in [5, 5.41) is 4.56. The first kappa shape index (κ1) is 17.9. The summed E-state index contributed by atoms with van der Waals surface area (Å²) >= 11 is 4.64. The number of hydrogen-bond acceptors (Lipinski definition) is 5. The lowest BCUT2D eigenvalue weighted by Gasteiger charge is -2.23. The van der Waals surface area contributed by atoms with E-state index < -0.39 is 6.04 Å². The van der Waals surface area contributed by atoms with Gasteiger partial charge in [0, 0.05) is 36.7 Å². The monoisotopic (exact) mass is 449 g/mol. The van der Waals surface area contributed by atoms with Gasteiger partial charge in [-0.25, -0.2) is 4.98 Å². The largest absolute Gasteiger partial charge is 0.365 e. The number of likely N-dealkylation sites (tertiary alicyclic amines) is 1. The minimum atomic E-state index is -0.584. The van der Waals surface area contributed by atoms with E-state index >= 15 is 0 Å². The number of hydrogen-bond donors (Lipinski definition) is 2. The molecule has 4 heterocycles. The predicted molar refractivity (Wildman–Crippen MR) is 105 cm³/mol. The molecule has 1 aliphatic rings. The Morgan fingerprint density at radius 1 is 1.41 bits per heavy atom. The molecule has 3 aromatic rings. The van der Waals surface area contributed by atoms with Crippen molar-refractivity contribution in [3.8, 4) is 0 Å². The van der Waals surface area contributed by atoms with Crippen molar-refractivity contribution in [3.05, 3.63) is 50.6 Å². The van der Waals surface area contributed by atoms with Crippen LogP contribution in [0.25, 0.3) is 4.96 Å². The Morgan fingerprint density at radius 3 is 3.07 bits per heavy atom. The van der Waals surface area contributed by atoms with Crippen LogP contribution in [0, 0.1) is 0 Å². The molecule has 8 nitrogen and oxygen atoms in total. The molecule has 27 heavy (non-hydrogen) atoms. The van der Waals surface area contributed by atoms with Crippen molar-refractivity contribution in [2.45, 2.75) is 25.3 Å². The second-order valence-corrected chi connectivity index (χ2v) is 8.01. The maximum absolute atomic E-state index is 12.7. The van der Waals surface area contributed by atoms with Gasteiger partial charge in [-0.05, 0) is 28.8 Å². The Kier molecular flexibility index (Phi) is 4.83. The number of carbonyl (C=O) groups excluding carboxylic acids is 2.